The van der Waals surface area contributed by atoms with Gasteiger partial charge in [0.15, 0.2) is 5.82 Å². The molecule has 4 aromatic rings. The van der Waals surface area contributed by atoms with Crippen molar-refractivity contribution in [2.45, 2.75) is 56.1 Å². The van der Waals surface area contributed by atoms with Crippen LogP contribution in [0.2, 0.25) is 0 Å². The first-order chi connectivity index (χ1) is 21.1. The fraction of sp³-hybridized carbons (Fsp3) is 0.441. The number of pyridine rings is 1. The summed E-state index contributed by atoms with van der Waals surface area (Å²) < 4.78 is 23.2. The highest BCUT2D eigenvalue weighted by atomic mass is 19.1. The van der Waals surface area contributed by atoms with E-state index in [2.05, 4.69) is 27.0 Å². The Morgan fingerprint density at radius 3 is 2.58 bits per heavy atom. The number of nitrogens with zero attached hydrogens (tertiary/aromatic N) is 5. The van der Waals surface area contributed by atoms with Gasteiger partial charge in [-0.1, -0.05) is 42.2 Å². The zero-order chi connectivity index (χ0) is 29.0. The molecule has 4 fully saturated rings. The zero-order valence-corrected chi connectivity index (χ0v) is 24.3. The highest BCUT2D eigenvalue weighted by Crippen LogP contribution is 2.40. The molecule has 0 radical (unpaired) electrons. The van der Waals surface area contributed by atoms with E-state index in [1.165, 1.54) is 12.8 Å². The van der Waals surface area contributed by atoms with Crippen LogP contribution in [0.15, 0.2) is 42.6 Å². The molecule has 8 nitrogen and oxygen atoms in total. The van der Waals surface area contributed by atoms with Crippen LogP contribution in [0.1, 0.15) is 44.1 Å². The molecule has 3 N–H and O–H groups in total. The molecule has 2 bridgehead atoms. The summed E-state index contributed by atoms with van der Waals surface area (Å²) in [5, 5.41) is 6.11. The van der Waals surface area contributed by atoms with Crippen molar-refractivity contribution in [2.75, 3.05) is 44.2 Å². The zero-order valence-electron chi connectivity index (χ0n) is 24.3. The van der Waals surface area contributed by atoms with Gasteiger partial charge < -0.3 is 20.7 Å². The van der Waals surface area contributed by atoms with Gasteiger partial charge in [-0.3, -0.25) is 9.88 Å². The monoisotopic (exact) mass is 577 g/mol. The van der Waals surface area contributed by atoms with Gasteiger partial charge in [-0.2, -0.15) is 9.97 Å². The number of benzene rings is 2. The van der Waals surface area contributed by atoms with E-state index in [4.69, 9.17) is 25.4 Å². The van der Waals surface area contributed by atoms with Crippen LogP contribution in [-0.4, -0.2) is 76.8 Å². The fourth-order valence-corrected chi connectivity index (χ4v) is 7.93. The lowest BCUT2D eigenvalue weighted by molar-refractivity contribution is 0.108. The summed E-state index contributed by atoms with van der Waals surface area (Å²) in [6.45, 7) is 4.63. The molecule has 0 aliphatic carbocycles. The number of fused-ring (bicyclic) bond motifs is 5. The molecular weight excluding hydrogens is 541 g/mol. The molecule has 220 valence electrons. The van der Waals surface area contributed by atoms with Crippen molar-refractivity contribution in [1.29, 1.82) is 0 Å². The summed E-state index contributed by atoms with van der Waals surface area (Å²) in [4.78, 5) is 19.2. The number of halogens is 1. The molecule has 9 heteroatoms. The Labute approximate surface area is 250 Å². The van der Waals surface area contributed by atoms with Crippen molar-refractivity contribution >= 4 is 27.5 Å². The molecule has 0 saturated carbocycles. The van der Waals surface area contributed by atoms with Gasteiger partial charge in [-0.15, -0.1) is 0 Å². The summed E-state index contributed by atoms with van der Waals surface area (Å²) in [5.41, 5.74) is 7.67. The second kappa shape index (κ2) is 10.7. The predicted molar refractivity (Wildman–Crippen MR) is 167 cm³/mol. The fourth-order valence-electron chi connectivity index (χ4n) is 7.93. The first kappa shape index (κ1) is 26.8. The number of anilines is 1. The molecule has 4 aliphatic heterocycles. The van der Waals surface area contributed by atoms with Gasteiger partial charge in [-0.05, 0) is 63.1 Å². The summed E-state index contributed by atoms with van der Waals surface area (Å²) in [7, 11) is 0. The van der Waals surface area contributed by atoms with Crippen LogP contribution < -0.4 is 20.7 Å². The predicted octanol–water partition coefficient (Wildman–Crippen LogP) is 4.24. The number of rotatable bonds is 5. The van der Waals surface area contributed by atoms with E-state index in [-0.39, 0.29) is 29.3 Å². The topological polar surface area (TPSA) is 92.4 Å². The van der Waals surface area contributed by atoms with Crippen LogP contribution in [0.5, 0.6) is 6.01 Å². The Morgan fingerprint density at radius 2 is 1.81 bits per heavy atom. The van der Waals surface area contributed by atoms with Gasteiger partial charge in [-0.25, -0.2) is 4.39 Å². The summed E-state index contributed by atoms with van der Waals surface area (Å²) >= 11 is 0. The maximum Gasteiger partial charge on any atom is 0.319 e. The largest absolute Gasteiger partial charge is 0.461 e. The third-order valence-electron chi connectivity index (χ3n) is 9.93. The second-order valence-corrected chi connectivity index (χ2v) is 12.5. The molecule has 1 unspecified atom stereocenters. The normalized spacial score (nSPS) is 22.6. The van der Waals surface area contributed by atoms with Crippen LogP contribution in [0.25, 0.3) is 32.9 Å². The molecule has 8 rings (SSSR count). The molecule has 43 heavy (non-hydrogen) atoms. The van der Waals surface area contributed by atoms with E-state index in [1.54, 1.807) is 6.20 Å². The lowest BCUT2D eigenvalue weighted by Crippen LogP contribution is -2.51. The maximum absolute atomic E-state index is 16.8. The Hall–Kier alpha value is -3.84. The van der Waals surface area contributed by atoms with Gasteiger partial charge in [0.2, 0.25) is 0 Å². The van der Waals surface area contributed by atoms with Crippen molar-refractivity contribution < 1.29 is 9.13 Å². The number of piperazine rings is 1. The number of hydrogen-bond donors (Lipinski definition) is 2. The summed E-state index contributed by atoms with van der Waals surface area (Å²) in [6, 6.07) is 12.8. The minimum atomic E-state index is -0.472. The van der Waals surface area contributed by atoms with Crippen molar-refractivity contribution in [3.05, 3.63) is 54.0 Å². The number of nitrogens with one attached hydrogen (secondary N) is 1. The first-order valence-electron chi connectivity index (χ1n) is 15.6. The third-order valence-corrected chi connectivity index (χ3v) is 9.93. The summed E-state index contributed by atoms with van der Waals surface area (Å²) in [6.07, 6.45) is 8.61. The molecular formula is C34H36FN7O. The Balaban J connectivity index is 1.26. The minimum absolute atomic E-state index is 0.0402. The van der Waals surface area contributed by atoms with Crippen LogP contribution in [-0.2, 0) is 0 Å². The van der Waals surface area contributed by atoms with Crippen LogP contribution in [0, 0.1) is 17.7 Å². The molecule has 6 heterocycles. The van der Waals surface area contributed by atoms with Gasteiger partial charge >= 0.3 is 6.01 Å². The lowest BCUT2D eigenvalue weighted by atomic mass is 9.95. The number of ether oxygens (including phenoxy) is 1. The van der Waals surface area contributed by atoms with E-state index < -0.39 is 5.82 Å². The molecule has 0 amide bonds. The molecule has 0 spiro atoms. The van der Waals surface area contributed by atoms with Crippen molar-refractivity contribution in [3.8, 4) is 29.1 Å². The van der Waals surface area contributed by atoms with Crippen LogP contribution in [0.4, 0.5) is 10.2 Å². The summed E-state index contributed by atoms with van der Waals surface area (Å²) in [5.74, 6) is 6.34. The average Bonchev–Trinajstić information content (AvgIpc) is 3.72. The Morgan fingerprint density at radius 1 is 1.05 bits per heavy atom. The van der Waals surface area contributed by atoms with Crippen molar-refractivity contribution in [1.82, 2.24) is 25.2 Å². The number of aromatic nitrogens is 3. The van der Waals surface area contributed by atoms with E-state index in [0.717, 1.165) is 68.2 Å². The highest BCUT2D eigenvalue weighted by molar-refractivity contribution is 6.02. The maximum atomic E-state index is 16.8. The SMILES string of the molecule is NCC#Cc1cccc2cccc(-c3ncc4c(N5CC6CC[C@@H](C5)N6)nc(OCC56CCCN5CCC6)nc4c3F)c12. The minimum Gasteiger partial charge on any atom is -0.461 e. The van der Waals surface area contributed by atoms with E-state index in [9.17, 15) is 0 Å². The van der Waals surface area contributed by atoms with Gasteiger partial charge in [0.1, 0.15) is 23.6 Å². The van der Waals surface area contributed by atoms with Gasteiger partial charge in [0.05, 0.1) is 17.5 Å². The Bertz CT molecular complexity index is 1750. The van der Waals surface area contributed by atoms with Crippen LogP contribution >= 0.6 is 0 Å². The standard InChI is InChI=1S/C34H36FN7O/c35-29-30(26-10-2-8-22-6-1-7-23(28(22)26)9-3-15-36)37-18-27-31(29)39-33(43-21-34-13-4-16-42(34)17-5-14-34)40-32(27)41-19-24-11-12-25(20-41)38-24/h1-2,6-8,10,18,24-25,38H,4-5,11-17,19-21,36H2/t24-,25?/m0/s1. The van der Waals surface area contributed by atoms with Gasteiger partial charge in [0.25, 0.3) is 0 Å². The van der Waals surface area contributed by atoms with E-state index >= 15 is 4.39 Å². The van der Waals surface area contributed by atoms with Crippen molar-refractivity contribution in [3.63, 3.8) is 0 Å². The number of nitrogens with two attached hydrogens (primary N) is 1. The first-order valence-corrected chi connectivity index (χ1v) is 15.6. The highest BCUT2D eigenvalue weighted by Gasteiger charge is 2.45. The smallest absolute Gasteiger partial charge is 0.319 e. The molecule has 4 saturated heterocycles. The number of hydrogen-bond acceptors (Lipinski definition) is 8. The van der Waals surface area contributed by atoms with Crippen molar-refractivity contribution in [2.24, 2.45) is 5.73 Å². The second-order valence-electron chi connectivity index (χ2n) is 12.5. The third kappa shape index (κ3) is 4.60. The lowest BCUT2D eigenvalue weighted by Gasteiger charge is -2.34. The molecule has 4 aliphatic rings. The Kier molecular flexibility index (Phi) is 6.66. The quantitative estimate of drug-likeness (QED) is 0.341. The van der Waals surface area contributed by atoms with Gasteiger partial charge in [0, 0.05) is 47.9 Å². The van der Waals surface area contributed by atoms with Crippen LogP contribution in [0.3, 0.4) is 0 Å². The van der Waals surface area contributed by atoms with E-state index in [1.807, 2.05) is 36.4 Å². The molecule has 2 atom stereocenters. The molecule has 2 aromatic carbocycles. The average molecular weight is 578 g/mol. The molecule has 2 aromatic heterocycles. The van der Waals surface area contributed by atoms with E-state index in [0.29, 0.717) is 35.5 Å².